The number of anilines is 1. The van der Waals surface area contributed by atoms with Gasteiger partial charge in [-0.2, -0.15) is 0 Å². The molecule has 0 amide bonds. The van der Waals surface area contributed by atoms with E-state index in [9.17, 15) is 0 Å². The highest BCUT2D eigenvalue weighted by atomic mass is 79.9. The number of hydrogen-bond acceptors (Lipinski definition) is 2. The fourth-order valence-corrected chi connectivity index (χ4v) is 2.36. The smallest absolute Gasteiger partial charge is 0.0366 e. The molecule has 1 atom stereocenters. The predicted molar refractivity (Wildman–Crippen MR) is 73.1 cm³/mol. The van der Waals surface area contributed by atoms with Crippen molar-refractivity contribution in [3.05, 3.63) is 28.7 Å². The third kappa shape index (κ3) is 3.22. The molecule has 16 heavy (non-hydrogen) atoms. The van der Waals surface area contributed by atoms with Gasteiger partial charge in [-0.1, -0.05) is 15.9 Å². The van der Waals surface area contributed by atoms with E-state index in [-0.39, 0.29) is 0 Å². The zero-order valence-corrected chi connectivity index (χ0v) is 11.3. The highest BCUT2D eigenvalue weighted by Gasteiger charge is 2.11. The molecule has 2 nitrogen and oxygen atoms in total. The van der Waals surface area contributed by atoms with Gasteiger partial charge in [0, 0.05) is 29.3 Å². The summed E-state index contributed by atoms with van der Waals surface area (Å²) in [5, 5.41) is 3.53. The molecule has 1 aromatic rings. The van der Waals surface area contributed by atoms with Gasteiger partial charge in [-0.15, -0.1) is 0 Å². The maximum atomic E-state index is 3.53. The monoisotopic (exact) mass is 282 g/mol. The number of nitrogens with one attached hydrogen (secondary N) is 1. The number of benzene rings is 1. The molecule has 1 saturated heterocycles. The van der Waals surface area contributed by atoms with Gasteiger partial charge in [-0.3, -0.25) is 0 Å². The van der Waals surface area contributed by atoms with E-state index in [0.29, 0.717) is 6.04 Å². The maximum absolute atomic E-state index is 3.53. The fraction of sp³-hybridized carbons (Fsp3) is 0.538. The van der Waals surface area contributed by atoms with Crippen LogP contribution in [0, 0.1) is 0 Å². The van der Waals surface area contributed by atoms with Crippen LogP contribution in [0.1, 0.15) is 19.8 Å². The zero-order chi connectivity index (χ0) is 11.4. The minimum absolute atomic E-state index is 0.637. The summed E-state index contributed by atoms with van der Waals surface area (Å²) in [6, 6.07) is 9.28. The molecule has 1 aliphatic rings. The van der Waals surface area contributed by atoms with Gasteiger partial charge >= 0.3 is 0 Å². The molecule has 0 aromatic heterocycles. The summed E-state index contributed by atoms with van der Waals surface area (Å²) < 4.78 is 1.15. The van der Waals surface area contributed by atoms with Gasteiger partial charge in [-0.05, 0) is 50.6 Å². The van der Waals surface area contributed by atoms with E-state index in [1.54, 1.807) is 0 Å². The molecular weight excluding hydrogens is 264 g/mol. The van der Waals surface area contributed by atoms with Crippen LogP contribution in [0.2, 0.25) is 0 Å². The van der Waals surface area contributed by atoms with E-state index in [1.165, 1.54) is 18.5 Å². The van der Waals surface area contributed by atoms with Crippen molar-refractivity contribution in [2.24, 2.45) is 0 Å². The van der Waals surface area contributed by atoms with Gasteiger partial charge in [0.1, 0.15) is 0 Å². The van der Waals surface area contributed by atoms with Gasteiger partial charge < -0.3 is 10.2 Å². The molecule has 0 radical (unpaired) electrons. The van der Waals surface area contributed by atoms with Crippen LogP contribution in [0.4, 0.5) is 5.69 Å². The second-order valence-electron chi connectivity index (χ2n) is 4.46. The van der Waals surface area contributed by atoms with Crippen LogP contribution in [-0.2, 0) is 0 Å². The van der Waals surface area contributed by atoms with E-state index in [4.69, 9.17) is 0 Å². The second kappa shape index (κ2) is 5.69. The summed E-state index contributed by atoms with van der Waals surface area (Å²) in [5.41, 5.74) is 1.34. The Kier molecular flexibility index (Phi) is 4.24. The summed E-state index contributed by atoms with van der Waals surface area (Å²) in [7, 11) is 0. The molecular formula is C13H19BrN2. The number of nitrogens with zero attached hydrogens (tertiary/aromatic N) is 1. The second-order valence-corrected chi connectivity index (χ2v) is 5.38. The van der Waals surface area contributed by atoms with E-state index >= 15 is 0 Å². The molecule has 1 N–H and O–H groups in total. The first-order chi connectivity index (χ1) is 7.75. The zero-order valence-electron chi connectivity index (χ0n) is 9.75. The summed E-state index contributed by atoms with van der Waals surface area (Å²) >= 11 is 3.48. The minimum Gasteiger partial charge on any atom is -0.371 e. The van der Waals surface area contributed by atoms with Crippen molar-refractivity contribution in [3.8, 4) is 0 Å². The normalized spacial score (nSPS) is 22.6. The highest BCUT2D eigenvalue weighted by molar-refractivity contribution is 9.10. The van der Waals surface area contributed by atoms with E-state index in [1.807, 2.05) is 0 Å². The van der Waals surface area contributed by atoms with E-state index in [2.05, 4.69) is 57.3 Å². The average Bonchev–Trinajstić information content (AvgIpc) is 2.26. The molecule has 3 heteroatoms. The lowest BCUT2D eigenvalue weighted by molar-refractivity contribution is 0.475. The van der Waals surface area contributed by atoms with Crippen LogP contribution in [0.5, 0.6) is 0 Å². The maximum Gasteiger partial charge on any atom is 0.0366 e. The SMILES string of the molecule is CC1CCN(c2ccc(Br)cc2)CCCN1. The Morgan fingerprint density at radius 2 is 2.00 bits per heavy atom. The molecule has 88 valence electrons. The van der Waals surface area contributed by atoms with Gasteiger partial charge in [0.05, 0.1) is 0 Å². The molecule has 0 bridgehead atoms. The quantitative estimate of drug-likeness (QED) is 0.852. The number of rotatable bonds is 1. The van der Waals surface area contributed by atoms with Crippen LogP contribution in [-0.4, -0.2) is 25.7 Å². The van der Waals surface area contributed by atoms with Crippen LogP contribution >= 0.6 is 15.9 Å². The van der Waals surface area contributed by atoms with Crippen molar-refractivity contribution in [2.75, 3.05) is 24.5 Å². The summed E-state index contributed by atoms with van der Waals surface area (Å²) in [5.74, 6) is 0. The standard InChI is InChI=1S/C13H19BrN2/c1-11-7-10-16(9-2-8-15-11)13-5-3-12(14)4-6-13/h3-6,11,15H,2,7-10H2,1H3. The Balaban J connectivity index is 2.04. The van der Waals surface area contributed by atoms with Gasteiger partial charge in [0.2, 0.25) is 0 Å². The first-order valence-corrected chi connectivity index (χ1v) is 6.79. The van der Waals surface area contributed by atoms with Crippen LogP contribution in [0.3, 0.4) is 0 Å². The largest absolute Gasteiger partial charge is 0.371 e. The van der Waals surface area contributed by atoms with Crippen LogP contribution in [0.15, 0.2) is 28.7 Å². The molecule has 0 saturated carbocycles. The third-order valence-corrected chi connectivity index (χ3v) is 3.65. The Bertz CT molecular complexity index is 323. The lowest BCUT2D eigenvalue weighted by atomic mass is 10.1. The molecule has 1 fully saturated rings. The lowest BCUT2D eigenvalue weighted by Gasteiger charge is -2.29. The average molecular weight is 283 g/mol. The van der Waals surface area contributed by atoms with Gasteiger partial charge in [-0.25, -0.2) is 0 Å². The van der Waals surface area contributed by atoms with Crippen molar-refractivity contribution in [1.82, 2.24) is 5.32 Å². The van der Waals surface area contributed by atoms with E-state index in [0.717, 1.165) is 24.1 Å². The first-order valence-electron chi connectivity index (χ1n) is 5.99. The summed E-state index contributed by atoms with van der Waals surface area (Å²) in [6.45, 7) is 5.70. The Labute approximate surface area is 106 Å². The van der Waals surface area contributed by atoms with E-state index < -0.39 is 0 Å². The predicted octanol–water partition coefficient (Wildman–Crippen LogP) is 3.03. The Morgan fingerprint density at radius 3 is 2.75 bits per heavy atom. The van der Waals surface area contributed by atoms with Crippen molar-refractivity contribution in [3.63, 3.8) is 0 Å². The molecule has 1 aromatic carbocycles. The Morgan fingerprint density at radius 1 is 1.25 bits per heavy atom. The number of halogens is 1. The summed E-state index contributed by atoms with van der Waals surface area (Å²) in [6.07, 6.45) is 2.44. The van der Waals surface area contributed by atoms with Crippen LogP contribution < -0.4 is 10.2 Å². The number of hydrogen-bond donors (Lipinski definition) is 1. The minimum atomic E-state index is 0.637. The Hall–Kier alpha value is -0.540. The first kappa shape index (κ1) is 11.9. The van der Waals surface area contributed by atoms with Crippen molar-refractivity contribution in [1.29, 1.82) is 0 Å². The molecule has 2 rings (SSSR count). The van der Waals surface area contributed by atoms with Gasteiger partial charge in [0.15, 0.2) is 0 Å². The van der Waals surface area contributed by atoms with Gasteiger partial charge in [0.25, 0.3) is 0 Å². The van der Waals surface area contributed by atoms with Crippen LogP contribution in [0.25, 0.3) is 0 Å². The highest BCUT2D eigenvalue weighted by Crippen LogP contribution is 2.19. The molecule has 1 unspecified atom stereocenters. The molecule has 0 spiro atoms. The molecule has 1 heterocycles. The third-order valence-electron chi connectivity index (χ3n) is 3.12. The van der Waals surface area contributed by atoms with Crippen molar-refractivity contribution < 1.29 is 0 Å². The molecule has 1 aliphatic heterocycles. The fourth-order valence-electron chi connectivity index (χ4n) is 2.09. The van der Waals surface area contributed by atoms with Crippen molar-refractivity contribution in [2.45, 2.75) is 25.8 Å². The van der Waals surface area contributed by atoms with Crippen molar-refractivity contribution >= 4 is 21.6 Å². The molecule has 0 aliphatic carbocycles. The lowest BCUT2D eigenvalue weighted by Crippen LogP contribution is -2.38. The topological polar surface area (TPSA) is 15.3 Å². The summed E-state index contributed by atoms with van der Waals surface area (Å²) in [4.78, 5) is 2.49.